The minimum Gasteiger partial charge on any atom is -0.485 e. The monoisotopic (exact) mass is 291 g/mol. The van der Waals surface area contributed by atoms with Crippen LogP contribution in [0.3, 0.4) is 0 Å². The number of carbonyl (C=O) groups is 1. The first-order valence-corrected chi connectivity index (χ1v) is 6.29. The smallest absolute Gasteiger partial charge is 0.328 e. The van der Waals surface area contributed by atoms with Gasteiger partial charge < -0.3 is 9.84 Å². The molecule has 0 unspecified atom stereocenters. The number of carboxylic acid groups (broad SMARTS) is 1. The van der Waals surface area contributed by atoms with Crippen molar-refractivity contribution in [1.82, 2.24) is 14.8 Å². The van der Waals surface area contributed by atoms with Crippen molar-refractivity contribution in [3.05, 3.63) is 47.8 Å². The maximum atomic E-state index is 13.5. The summed E-state index contributed by atoms with van der Waals surface area (Å²) in [7, 11) is 0. The molecule has 0 spiro atoms. The Kier molecular flexibility index (Phi) is 4.65. The van der Waals surface area contributed by atoms with E-state index >= 15 is 0 Å². The zero-order chi connectivity index (χ0) is 15.2. The number of halogens is 1. The van der Waals surface area contributed by atoms with Gasteiger partial charge in [0.05, 0.1) is 0 Å². The number of aromatic nitrogens is 3. The van der Waals surface area contributed by atoms with Gasteiger partial charge >= 0.3 is 5.97 Å². The number of aliphatic carboxylic acids is 1. The van der Waals surface area contributed by atoms with E-state index in [1.54, 1.807) is 10.7 Å². The summed E-state index contributed by atoms with van der Waals surface area (Å²) in [6.45, 7) is 2.74. The molecule has 1 N–H and O–H groups in total. The Morgan fingerprint density at radius 1 is 1.48 bits per heavy atom. The molecule has 1 heterocycles. The van der Waals surface area contributed by atoms with Gasteiger partial charge in [-0.15, -0.1) is 0 Å². The predicted octanol–water partition coefficient (Wildman–Crippen LogP) is 2.11. The molecule has 0 saturated heterocycles. The van der Waals surface area contributed by atoms with E-state index in [0.29, 0.717) is 23.7 Å². The highest BCUT2D eigenvalue weighted by atomic mass is 19.1. The highest BCUT2D eigenvalue weighted by Gasteiger charge is 2.05. The van der Waals surface area contributed by atoms with Crippen LogP contribution in [0.1, 0.15) is 18.3 Å². The Morgan fingerprint density at radius 2 is 2.29 bits per heavy atom. The molecule has 0 aliphatic carbocycles. The number of nitrogens with zero attached hydrogens (tertiary/aromatic N) is 3. The van der Waals surface area contributed by atoms with Crippen molar-refractivity contribution in [2.75, 3.05) is 0 Å². The Hall–Kier alpha value is -2.70. The van der Waals surface area contributed by atoms with Gasteiger partial charge in [-0.2, -0.15) is 5.10 Å². The number of rotatable bonds is 6. The first-order chi connectivity index (χ1) is 10.1. The summed E-state index contributed by atoms with van der Waals surface area (Å²) in [5, 5.41) is 12.6. The second-order valence-corrected chi connectivity index (χ2v) is 4.17. The van der Waals surface area contributed by atoms with E-state index in [9.17, 15) is 9.18 Å². The molecule has 2 rings (SSSR count). The third-order valence-electron chi connectivity index (χ3n) is 2.68. The molecule has 0 radical (unpaired) electrons. The molecule has 6 nitrogen and oxygen atoms in total. The summed E-state index contributed by atoms with van der Waals surface area (Å²) in [4.78, 5) is 14.5. The van der Waals surface area contributed by atoms with Crippen molar-refractivity contribution < 1.29 is 19.0 Å². The van der Waals surface area contributed by atoms with Crippen LogP contribution in [0.4, 0.5) is 4.39 Å². The molecular formula is C14H14FN3O3. The van der Waals surface area contributed by atoms with Gasteiger partial charge in [-0.05, 0) is 30.7 Å². The third kappa shape index (κ3) is 4.13. The molecule has 2 aromatic rings. The summed E-state index contributed by atoms with van der Waals surface area (Å²) in [6, 6.07) is 4.00. The minimum absolute atomic E-state index is 0.152. The van der Waals surface area contributed by atoms with Crippen molar-refractivity contribution in [1.29, 1.82) is 0 Å². The van der Waals surface area contributed by atoms with Crippen LogP contribution in [0.25, 0.3) is 6.08 Å². The maximum Gasteiger partial charge on any atom is 0.328 e. The van der Waals surface area contributed by atoms with Gasteiger partial charge in [0.15, 0.2) is 5.82 Å². The van der Waals surface area contributed by atoms with E-state index in [4.69, 9.17) is 9.84 Å². The number of benzene rings is 1. The molecule has 0 fully saturated rings. The first kappa shape index (κ1) is 14.7. The quantitative estimate of drug-likeness (QED) is 0.825. The van der Waals surface area contributed by atoms with E-state index < -0.39 is 11.8 Å². The number of aryl methyl sites for hydroxylation is 1. The molecule has 0 aliphatic rings. The van der Waals surface area contributed by atoms with E-state index in [0.717, 1.165) is 6.08 Å². The standard InChI is InChI=1S/C14H14FN3O3/c1-2-18-13(16-9-17-18)8-21-12-6-10(3-4-14(19)20)5-11(15)7-12/h3-7,9H,2,8H2,1H3,(H,19,20)/b4-3+. The molecule has 110 valence electrons. The summed E-state index contributed by atoms with van der Waals surface area (Å²) in [5.74, 6) is -0.678. The first-order valence-electron chi connectivity index (χ1n) is 6.29. The topological polar surface area (TPSA) is 77.2 Å². The van der Waals surface area contributed by atoms with Gasteiger partial charge in [0.2, 0.25) is 0 Å². The third-order valence-corrected chi connectivity index (χ3v) is 2.68. The minimum atomic E-state index is -1.10. The Balaban J connectivity index is 2.11. The average molecular weight is 291 g/mol. The highest BCUT2D eigenvalue weighted by Crippen LogP contribution is 2.18. The van der Waals surface area contributed by atoms with Gasteiger partial charge in [0.1, 0.15) is 24.5 Å². The number of ether oxygens (including phenoxy) is 1. The lowest BCUT2D eigenvalue weighted by molar-refractivity contribution is -0.131. The van der Waals surface area contributed by atoms with Gasteiger partial charge in [-0.3, -0.25) is 0 Å². The molecular weight excluding hydrogens is 277 g/mol. The van der Waals surface area contributed by atoms with Crippen LogP contribution in [0.15, 0.2) is 30.6 Å². The van der Waals surface area contributed by atoms with Gasteiger partial charge in [-0.1, -0.05) is 0 Å². The SMILES string of the molecule is CCn1ncnc1COc1cc(F)cc(/C=C/C(=O)O)c1. The summed E-state index contributed by atoms with van der Waals surface area (Å²) >= 11 is 0. The Labute approximate surface area is 120 Å². The van der Waals surface area contributed by atoms with Crippen LogP contribution >= 0.6 is 0 Å². The number of hydrogen-bond donors (Lipinski definition) is 1. The molecule has 1 aromatic carbocycles. The molecule has 0 saturated carbocycles. The second-order valence-electron chi connectivity index (χ2n) is 4.17. The molecule has 0 aliphatic heterocycles. The average Bonchev–Trinajstić information content (AvgIpc) is 2.90. The Bertz CT molecular complexity index is 667. The van der Waals surface area contributed by atoms with Crippen LogP contribution in [-0.4, -0.2) is 25.8 Å². The lowest BCUT2D eigenvalue weighted by Gasteiger charge is -2.07. The molecule has 1 aromatic heterocycles. The van der Waals surface area contributed by atoms with E-state index in [-0.39, 0.29) is 6.61 Å². The lowest BCUT2D eigenvalue weighted by Crippen LogP contribution is -2.07. The largest absolute Gasteiger partial charge is 0.485 e. The predicted molar refractivity (Wildman–Crippen MR) is 73.1 cm³/mol. The molecule has 0 atom stereocenters. The van der Waals surface area contributed by atoms with Crippen molar-refractivity contribution in [3.63, 3.8) is 0 Å². The number of carboxylic acids is 1. The van der Waals surface area contributed by atoms with E-state index in [1.807, 2.05) is 6.92 Å². The van der Waals surface area contributed by atoms with Crippen molar-refractivity contribution >= 4 is 12.0 Å². The van der Waals surface area contributed by atoms with Crippen molar-refractivity contribution in [3.8, 4) is 5.75 Å². The van der Waals surface area contributed by atoms with Crippen LogP contribution in [0.2, 0.25) is 0 Å². The molecule has 0 amide bonds. The van der Waals surface area contributed by atoms with Crippen molar-refractivity contribution in [2.24, 2.45) is 0 Å². The summed E-state index contributed by atoms with van der Waals surface area (Å²) in [6.07, 6.45) is 3.66. The highest BCUT2D eigenvalue weighted by molar-refractivity contribution is 5.85. The molecule has 21 heavy (non-hydrogen) atoms. The zero-order valence-electron chi connectivity index (χ0n) is 11.4. The number of hydrogen-bond acceptors (Lipinski definition) is 4. The normalized spacial score (nSPS) is 11.0. The molecule has 7 heteroatoms. The van der Waals surface area contributed by atoms with Crippen LogP contribution < -0.4 is 4.74 Å². The van der Waals surface area contributed by atoms with Gasteiger partial charge in [0, 0.05) is 18.7 Å². The fourth-order valence-electron chi connectivity index (χ4n) is 1.74. The van der Waals surface area contributed by atoms with Crippen LogP contribution in [0.5, 0.6) is 5.75 Å². The second kappa shape index (κ2) is 6.65. The van der Waals surface area contributed by atoms with Crippen molar-refractivity contribution in [2.45, 2.75) is 20.1 Å². The fraction of sp³-hybridized carbons (Fsp3) is 0.214. The summed E-state index contributed by atoms with van der Waals surface area (Å²) < 4.78 is 20.6. The molecule has 0 bridgehead atoms. The van der Waals surface area contributed by atoms with E-state index in [1.165, 1.54) is 24.5 Å². The van der Waals surface area contributed by atoms with Crippen LogP contribution in [-0.2, 0) is 17.9 Å². The zero-order valence-corrected chi connectivity index (χ0v) is 11.4. The van der Waals surface area contributed by atoms with Gasteiger partial charge in [-0.25, -0.2) is 18.9 Å². The van der Waals surface area contributed by atoms with Gasteiger partial charge in [0.25, 0.3) is 0 Å². The summed E-state index contributed by atoms with van der Waals surface area (Å²) in [5.41, 5.74) is 0.407. The van der Waals surface area contributed by atoms with E-state index in [2.05, 4.69) is 10.1 Å². The fourth-order valence-corrected chi connectivity index (χ4v) is 1.74. The lowest BCUT2D eigenvalue weighted by atomic mass is 10.2. The van der Waals surface area contributed by atoms with Crippen LogP contribution in [0, 0.1) is 5.82 Å². The maximum absolute atomic E-state index is 13.5. The Morgan fingerprint density at radius 3 is 3.00 bits per heavy atom.